The molecule has 0 unspecified atom stereocenters. The van der Waals surface area contributed by atoms with Crippen LogP contribution in [0.25, 0.3) is 21.3 Å². The second kappa shape index (κ2) is 8.43. The van der Waals surface area contributed by atoms with Crippen LogP contribution in [0.1, 0.15) is 0 Å². The van der Waals surface area contributed by atoms with E-state index in [9.17, 15) is 13.2 Å². The van der Waals surface area contributed by atoms with Gasteiger partial charge in [-0.25, -0.2) is 9.71 Å². The molecule has 1 amide bonds. The fraction of sp³-hybridized carbons (Fsp3) is 0.0476. The van der Waals surface area contributed by atoms with Crippen LogP contribution in [-0.4, -0.2) is 25.9 Å². The van der Waals surface area contributed by atoms with E-state index in [0.717, 1.165) is 16.3 Å². The normalized spacial score (nSPS) is 11.4. The number of sulfonamides is 1. The predicted molar refractivity (Wildman–Crippen MR) is 117 cm³/mol. The largest absolute Gasteiger partial charge is 0.483 e. The zero-order chi connectivity index (χ0) is 21.1. The summed E-state index contributed by atoms with van der Waals surface area (Å²) in [7, 11) is -4.10. The Kier molecular flexibility index (Phi) is 5.72. The minimum absolute atomic E-state index is 0.211. The second-order valence-corrected chi connectivity index (χ2v) is 9.16. The van der Waals surface area contributed by atoms with Gasteiger partial charge in [0.15, 0.2) is 11.6 Å². The van der Waals surface area contributed by atoms with Crippen LogP contribution in [0.2, 0.25) is 5.02 Å². The van der Waals surface area contributed by atoms with Gasteiger partial charge in [-0.1, -0.05) is 66.2 Å². The number of hydrogen-bond donors (Lipinski definition) is 1. The van der Waals surface area contributed by atoms with Crippen LogP contribution in [0.5, 0.6) is 5.75 Å². The number of benzene rings is 3. The number of fused-ring (bicyclic) bond motifs is 1. The summed E-state index contributed by atoms with van der Waals surface area (Å²) < 4.78 is 32.5. The number of ether oxygens (including phenoxy) is 1. The Labute approximate surface area is 182 Å². The first-order chi connectivity index (χ1) is 14.4. The summed E-state index contributed by atoms with van der Waals surface area (Å²) >= 11 is 7.36. The number of aromatic nitrogens is 1. The number of amides is 1. The van der Waals surface area contributed by atoms with Crippen molar-refractivity contribution in [2.75, 3.05) is 6.61 Å². The molecule has 152 valence electrons. The van der Waals surface area contributed by atoms with E-state index in [2.05, 4.69) is 4.98 Å². The highest BCUT2D eigenvalue weighted by Gasteiger charge is 2.22. The fourth-order valence-corrected chi connectivity index (χ4v) is 5.13. The van der Waals surface area contributed by atoms with Crippen molar-refractivity contribution in [3.8, 4) is 16.3 Å². The van der Waals surface area contributed by atoms with Crippen molar-refractivity contribution in [2.24, 2.45) is 0 Å². The number of halogens is 1. The highest BCUT2D eigenvalue weighted by molar-refractivity contribution is 7.90. The number of nitrogens with one attached hydrogen (secondary N) is 1. The van der Waals surface area contributed by atoms with Crippen molar-refractivity contribution in [1.29, 1.82) is 0 Å². The van der Waals surface area contributed by atoms with Crippen molar-refractivity contribution >= 4 is 49.6 Å². The lowest BCUT2D eigenvalue weighted by molar-refractivity contribution is -0.121. The third kappa shape index (κ3) is 4.30. The fourth-order valence-electron chi connectivity index (χ4n) is 2.83. The van der Waals surface area contributed by atoms with Gasteiger partial charge in [-0.15, -0.1) is 11.3 Å². The van der Waals surface area contributed by atoms with E-state index in [4.69, 9.17) is 16.3 Å². The molecule has 3 aromatic carbocycles. The molecule has 6 nitrogen and oxygen atoms in total. The lowest BCUT2D eigenvalue weighted by atomic mass is 10.1. The third-order valence-electron chi connectivity index (χ3n) is 4.22. The molecule has 1 aromatic heterocycles. The van der Waals surface area contributed by atoms with Gasteiger partial charge in [0, 0.05) is 26.7 Å². The number of nitrogens with zero attached hydrogens (tertiary/aromatic N) is 1. The van der Waals surface area contributed by atoms with Gasteiger partial charge < -0.3 is 4.74 Å². The zero-order valence-corrected chi connectivity index (χ0v) is 17.8. The number of carbonyl (C=O) groups is 1. The molecule has 0 saturated carbocycles. The lowest BCUT2D eigenvalue weighted by Crippen LogP contribution is -2.34. The molecular weight excluding hydrogens is 444 g/mol. The van der Waals surface area contributed by atoms with Crippen LogP contribution in [0.15, 0.2) is 77.1 Å². The number of hydrogen-bond acceptors (Lipinski definition) is 6. The molecule has 0 aliphatic rings. The summed E-state index contributed by atoms with van der Waals surface area (Å²) in [6.45, 7) is -0.472. The molecule has 9 heteroatoms. The summed E-state index contributed by atoms with van der Waals surface area (Å²) in [6, 6.07) is 19.8. The molecule has 4 aromatic rings. The molecule has 0 bridgehead atoms. The summed E-state index contributed by atoms with van der Waals surface area (Å²) in [6.07, 6.45) is 0. The maximum atomic E-state index is 12.5. The van der Waals surface area contributed by atoms with E-state index in [0.29, 0.717) is 15.8 Å². The highest BCUT2D eigenvalue weighted by atomic mass is 35.5. The van der Waals surface area contributed by atoms with Gasteiger partial charge >= 0.3 is 0 Å². The zero-order valence-electron chi connectivity index (χ0n) is 15.4. The van der Waals surface area contributed by atoms with Gasteiger partial charge in [-0.2, -0.15) is 8.42 Å². The van der Waals surface area contributed by atoms with E-state index in [1.54, 1.807) is 12.1 Å². The minimum atomic E-state index is -4.10. The minimum Gasteiger partial charge on any atom is -0.483 e. The van der Waals surface area contributed by atoms with Gasteiger partial charge in [0.2, 0.25) is 0 Å². The molecule has 1 N–H and O–H groups in total. The van der Waals surface area contributed by atoms with Crippen LogP contribution in [0.3, 0.4) is 0 Å². The summed E-state index contributed by atoms with van der Waals surface area (Å²) in [5, 5.41) is 3.80. The Morgan fingerprint density at radius 1 is 1.00 bits per heavy atom. The van der Waals surface area contributed by atoms with Crippen LogP contribution >= 0.6 is 22.9 Å². The molecule has 30 heavy (non-hydrogen) atoms. The topological polar surface area (TPSA) is 85.4 Å². The van der Waals surface area contributed by atoms with Crippen molar-refractivity contribution in [1.82, 2.24) is 9.71 Å². The molecule has 1 heterocycles. The maximum Gasteiger partial charge on any atom is 0.282 e. The van der Waals surface area contributed by atoms with Crippen molar-refractivity contribution in [3.05, 3.63) is 77.1 Å². The number of rotatable bonds is 6. The molecule has 0 radical (unpaired) electrons. The van der Waals surface area contributed by atoms with Crippen LogP contribution < -0.4 is 9.46 Å². The average Bonchev–Trinajstić information content (AvgIpc) is 3.25. The third-order valence-corrected chi connectivity index (χ3v) is 6.84. The molecule has 0 aliphatic carbocycles. The Hall–Kier alpha value is -2.94. The van der Waals surface area contributed by atoms with Gasteiger partial charge in [0.1, 0.15) is 10.8 Å². The Bertz CT molecular complexity index is 1320. The quantitative estimate of drug-likeness (QED) is 0.459. The molecule has 0 aliphatic heterocycles. The van der Waals surface area contributed by atoms with E-state index in [1.165, 1.54) is 16.7 Å². The number of thiazole rings is 1. The Balaban J connectivity index is 1.45. The predicted octanol–water partition coefficient (Wildman–Crippen LogP) is 4.50. The summed E-state index contributed by atoms with van der Waals surface area (Å²) in [4.78, 5) is 16.4. The standard InChI is InChI=1S/C21H15ClN2O4S2/c22-17-10-11-18(16-9-5-4-8-15(16)17)28-12-19(25)24-30(26,27)20-13-29-21(23-20)14-6-2-1-3-7-14/h1-11,13H,12H2,(H,24,25). The van der Waals surface area contributed by atoms with E-state index >= 15 is 0 Å². The van der Waals surface area contributed by atoms with Gasteiger partial charge in [0.05, 0.1) is 0 Å². The summed E-state index contributed by atoms with van der Waals surface area (Å²) in [5.74, 6) is -0.370. The van der Waals surface area contributed by atoms with Gasteiger partial charge in [-0.05, 0) is 12.1 Å². The first kappa shape index (κ1) is 20.3. The highest BCUT2D eigenvalue weighted by Crippen LogP contribution is 2.31. The van der Waals surface area contributed by atoms with Crippen molar-refractivity contribution in [2.45, 2.75) is 5.03 Å². The van der Waals surface area contributed by atoms with Crippen LogP contribution in [-0.2, 0) is 14.8 Å². The first-order valence-corrected chi connectivity index (χ1v) is 11.5. The SMILES string of the molecule is O=C(COc1ccc(Cl)c2ccccc12)NS(=O)(=O)c1csc(-c2ccccc2)n1. The Morgan fingerprint density at radius 2 is 1.70 bits per heavy atom. The monoisotopic (exact) mass is 458 g/mol. The van der Waals surface area contributed by atoms with Crippen molar-refractivity contribution in [3.63, 3.8) is 0 Å². The van der Waals surface area contributed by atoms with Gasteiger partial charge in [0.25, 0.3) is 15.9 Å². The Morgan fingerprint density at radius 3 is 2.47 bits per heavy atom. The molecule has 0 fully saturated rings. The van der Waals surface area contributed by atoms with E-state index < -0.39 is 22.5 Å². The molecular formula is C21H15ClN2O4S2. The van der Waals surface area contributed by atoms with E-state index in [1.807, 2.05) is 59.3 Å². The van der Waals surface area contributed by atoms with Crippen LogP contribution in [0, 0.1) is 0 Å². The summed E-state index contributed by atoms with van der Waals surface area (Å²) in [5.41, 5.74) is 0.799. The lowest BCUT2D eigenvalue weighted by Gasteiger charge is -2.10. The second-order valence-electron chi connectivity index (χ2n) is 6.27. The van der Waals surface area contributed by atoms with Crippen molar-refractivity contribution < 1.29 is 17.9 Å². The molecule has 0 saturated heterocycles. The first-order valence-electron chi connectivity index (χ1n) is 8.81. The van der Waals surface area contributed by atoms with Crippen LogP contribution in [0.4, 0.5) is 0 Å². The molecule has 4 rings (SSSR count). The number of carbonyl (C=O) groups excluding carboxylic acids is 1. The van der Waals surface area contributed by atoms with E-state index in [-0.39, 0.29) is 5.03 Å². The molecule has 0 spiro atoms. The smallest absolute Gasteiger partial charge is 0.282 e. The average molecular weight is 459 g/mol. The maximum absolute atomic E-state index is 12.5. The van der Waals surface area contributed by atoms with Gasteiger partial charge in [-0.3, -0.25) is 4.79 Å². The molecule has 0 atom stereocenters.